The molecule has 0 heterocycles. The normalized spacial score (nSPS) is 25.3. The van der Waals surface area contributed by atoms with Crippen LogP contribution in [0.2, 0.25) is 5.02 Å². The quantitative estimate of drug-likeness (QED) is 0.778. The van der Waals surface area contributed by atoms with Crippen LogP contribution in [0.15, 0.2) is 24.3 Å². The molecular weight excluding hydrogens is 258 g/mol. The van der Waals surface area contributed by atoms with Crippen LogP contribution < -0.4 is 0 Å². The molecular formula is C16H22ClNO. The molecule has 0 radical (unpaired) electrons. The molecule has 0 amide bonds. The smallest absolute Gasteiger partial charge is 0.123 e. The minimum atomic E-state index is 0.282. The maximum Gasteiger partial charge on any atom is 0.123 e. The molecule has 1 aliphatic carbocycles. The zero-order valence-electron chi connectivity index (χ0n) is 11.7. The number of rotatable bonds is 4. The molecule has 0 aromatic heterocycles. The minimum absolute atomic E-state index is 0.282. The molecule has 3 heteroatoms. The molecule has 2 rings (SSSR count). The highest BCUT2D eigenvalue weighted by molar-refractivity contribution is 6.30. The van der Waals surface area contributed by atoms with E-state index in [0.717, 1.165) is 37.0 Å². The Morgan fingerprint density at radius 3 is 2.21 bits per heavy atom. The first-order valence-corrected chi connectivity index (χ1v) is 7.36. The molecule has 0 saturated heterocycles. The standard InChI is InChI=1S/C16H22ClNO/c1-18(2)16(14-7-9-15(17)10-8-14)13-5-3-12(11-19)4-6-13/h7-13,16H,3-6H2,1-2H3. The van der Waals surface area contributed by atoms with E-state index < -0.39 is 0 Å². The molecule has 104 valence electrons. The number of carbonyl (C=O) groups is 1. The number of benzene rings is 1. The van der Waals surface area contributed by atoms with Crippen molar-refractivity contribution in [3.05, 3.63) is 34.9 Å². The van der Waals surface area contributed by atoms with Crippen molar-refractivity contribution in [3.8, 4) is 0 Å². The summed E-state index contributed by atoms with van der Waals surface area (Å²) in [6.45, 7) is 0. The van der Waals surface area contributed by atoms with Gasteiger partial charge >= 0.3 is 0 Å². The Balaban J connectivity index is 2.12. The Hall–Kier alpha value is -0.860. The lowest BCUT2D eigenvalue weighted by Gasteiger charge is -2.36. The van der Waals surface area contributed by atoms with Crippen LogP contribution in [0.3, 0.4) is 0 Å². The monoisotopic (exact) mass is 279 g/mol. The zero-order chi connectivity index (χ0) is 13.8. The van der Waals surface area contributed by atoms with E-state index >= 15 is 0 Å². The predicted molar refractivity (Wildman–Crippen MR) is 79.4 cm³/mol. The van der Waals surface area contributed by atoms with Gasteiger partial charge in [-0.1, -0.05) is 23.7 Å². The van der Waals surface area contributed by atoms with Gasteiger partial charge in [0, 0.05) is 17.0 Å². The van der Waals surface area contributed by atoms with Crippen LogP contribution in [0, 0.1) is 11.8 Å². The van der Waals surface area contributed by atoms with E-state index in [0.29, 0.717) is 12.0 Å². The summed E-state index contributed by atoms with van der Waals surface area (Å²) in [6, 6.07) is 8.59. The van der Waals surface area contributed by atoms with Gasteiger partial charge in [-0.05, 0) is 63.4 Å². The number of aldehydes is 1. The van der Waals surface area contributed by atoms with E-state index in [-0.39, 0.29) is 5.92 Å². The van der Waals surface area contributed by atoms with Gasteiger partial charge in [-0.15, -0.1) is 0 Å². The number of hydrogen-bond acceptors (Lipinski definition) is 2. The highest BCUT2D eigenvalue weighted by Crippen LogP contribution is 2.38. The second-order valence-corrected chi connectivity index (χ2v) is 6.21. The second-order valence-electron chi connectivity index (χ2n) is 5.77. The third-order valence-corrected chi connectivity index (χ3v) is 4.48. The van der Waals surface area contributed by atoms with E-state index in [9.17, 15) is 4.79 Å². The maximum absolute atomic E-state index is 10.9. The average Bonchev–Trinajstić information content (AvgIpc) is 2.42. The van der Waals surface area contributed by atoms with Crippen LogP contribution in [-0.2, 0) is 4.79 Å². The summed E-state index contributed by atoms with van der Waals surface area (Å²) < 4.78 is 0. The zero-order valence-corrected chi connectivity index (χ0v) is 12.4. The summed E-state index contributed by atoms with van der Waals surface area (Å²) in [5.74, 6) is 0.914. The number of hydrogen-bond donors (Lipinski definition) is 0. The van der Waals surface area contributed by atoms with E-state index in [4.69, 9.17) is 11.6 Å². The molecule has 1 atom stereocenters. The summed E-state index contributed by atoms with van der Waals surface area (Å²) in [7, 11) is 4.26. The van der Waals surface area contributed by atoms with Crippen molar-refractivity contribution >= 4 is 17.9 Å². The van der Waals surface area contributed by atoms with Gasteiger partial charge < -0.3 is 9.69 Å². The fraction of sp³-hybridized carbons (Fsp3) is 0.562. The lowest BCUT2D eigenvalue weighted by Crippen LogP contribution is -2.30. The van der Waals surface area contributed by atoms with Crippen LogP contribution in [0.4, 0.5) is 0 Å². The fourth-order valence-corrected chi connectivity index (χ4v) is 3.37. The minimum Gasteiger partial charge on any atom is -0.303 e. The molecule has 1 aromatic carbocycles. The van der Waals surface area contributed by atoms with Gasteiger partial charge in [0.15, 0.2) is 0 Å². The molecule has 19 heavy (non-hydrogen) atoms. The second kappa shape index (κ2) is 6.53. The van der Waals surface area contributed by atoms with Gasteiger partial charge in [0.2, 0.25) is 0 Å². The van der Waals surface area contributed by atoms with E-state index in [1.165, 1.54) is 5.56 Å². The number of nitrogens with zero attached hydrogens (tertiary/aromatic N) is 1. The Morgan fingerprint density at radius 2 is 1.74 bits per heavy atom. The Kier molecular flexibility index (Phi) is 5.00. The van der Waals surface area contributed by atoms with Crippen molar-refractivity contribution in [2.24, 2.45) is 11.8 Å². The highest BCUT2D eigenvalue weighted by Gasteiger charge is 2.29. The average molecular weight is 280 g/mol. The molecule has 2 nitrogen and oxygen atoms in total. The van der Waals surface area contributed by atoms with Gasteiger partial charge in [-0.2, -0.15) is 0 Å². The first-order chi connectivity index (χ1) is 9.11. The van der Waals surface area contributed by atoms with Crippen LogP contribution in [0.1, 0.15) is 37.3 Å². The molecule has 1 aliphatic rings. The van der Waals surface area contributed by atoms with Crippen LogP contribution in [0.5, 0.6) is 0 Å². The van der Waals surface area contributed by atoms with Gasteiger partial charge in [0.05, 0.1) is 0 Å². The summed E-state index contributed by atoms with van der Waals surface area (Å²) in [5.41, 5.74) is 1.32. The lowest BCUT2D eigenvalue weighted by atomic mass is 9.77. The van der Waals surface area contributed by atoms with Gasteiger partial charge in [0.1, 0.15) is 6.29 Å². The van der Waals surface area contributed by atoms with Crippen LogP contribution in [-0.4, -0.2) is 25.3 Å². The van der Waals surface area contributed by atoms with Crippen molar-refractivity contribution in [2.75, 3.05) is 14.1 Å². The summed E-state index contributed by atoms with van der Waals surface area (Å²) in [5, 5.41) is 0.783. The molecule has 0 aliphatic heterocycles. The largest absolute Gasteiger partial charge is 0.303 e. The summed E-state index contributed by atoms with van der Waals surface area (Å²) in [6.07, 6.45) is 5.46. The first-order valence-electron chi connectivity index (χ1n) is 6.99. The molecule has 0 bridgehead atoms. The number of carbonyl (C=O) groups excluding carboxylic acids is 1. The number of halogens is 1. The molecule has 0 spiro atoms. The SMILES string of the molecule is CN(C)C(c1ccc(Cl)cc1)C1CCC(C=O)CC1. The summed E-state index contributed by atoms with van der Waals surface area (Å²) in [4.78, 5) is 13.1. The van der Waals surface area contributed by atoms with E-state index in [2.05, 4.69) is 31.1 Å². The van der Waals surface area contributed by atoms with Crippen molar-refractivity contribution in [3.63, 3.8) is 0 Å². The summed E-state index contributed by atoms with van der Waals surface area (Å²) >= 11 is 5.97. The maximum atomic E-state index is 10.9. The predicted octanol–water partition coefficient (Wildman–Crippen LogP) is 3.95. The molecule has 0 N–H and O–H groups in total. The van der Waals surface area contributed by atoms with Gasteiger partial charge in [-0.3, -0.25) is 0 Å². The van der Waals surface area contributed by atoms with Crippen LogP contribution >= 0.6 is 11.6 Å². The molecule has 1 fully saturated rings. The highest BCUT2D eigenvalue weighted by atomic mass is 35.5. The molecule has 1 saturated carbocycles. The van der Waals surface area contributed by atoms with Crippen molar-refractivity contribution in [1.82, 2.24) is 4.90 Å². The van der Waals surface area contributed by atoms with Crippen molar-refractivity contribution in [1.29, 1.82) is 0 Å². The van der Waals surface area contributed by atoms with Gasteiger partial charge in [-0.25, -0.2) is 0 Å². The van der Waals surface area contributed by atoms with E-state index in [1.54, 1.807) is 0 Å². The first kappa shape index (κ1) is 14.5. The van der Waals surface area contributed by atoms with Gasteiger partial charge in [0.25, 0.3) is 0 Å². The van der Waals surface area contributed by atoms with Crippen molar-refractivity contribution < 1.29 is 4.79 Å². The van der Waals surface area contributed by atoms with Crippen LogP contribution in [0.25, 0.3) is 0 Å². The Bertz CT molecular complexity index is 407. The van der Waals surface area contributed by atoms with E-state index in [1.807, 2.05) is 12.1 Å². The van der Waals surface area contributed by atoms with Crippen molar-refractivity contribution in [2.45, 2.75) is 31.7 Å². The molecule has 1 aromatic rings. The third kappa shape index (κ3) is 3.58. The fourth-order valence-electron chi connectivity index (χ4n) is 3.25. The lowest BCUT2D eigenvalue weighted by molar-refractivity contribution is -0.112. The molecule has 1 unspecified atom stereocenters. The Morgan fingerprint density at radius 1 is 1.16 bits per heavy atom. The topological polar surface area (TPSA) is 20.3 Å². The third-order valence-electron chi connectivity index (χ3n) is 4.22. The Labute approximate surface area is 120 Å².